The first-order chi connectivity index (χ1) is 25.5. The molecule has 4 aliphatic rings. The lowest BCUT2D eigenvalue weighted by Crippen LogP contribution is -2.71. The second kappa shape index (κ2) is 19.2. The Morgan fingerprint density at radius 2 is 0.833 bits per heavy atom. The molecule has 0 unspecified atom stereocenters. The molecule has 3 amide bonds. The number of carbonyl (C=O) groups is 3. The number of amides is 3. The molecule has 14 N–H and O–H groups in total. The van der Waals surface area contributed by atoms with Crippen LogP contribution in [0.3, 0.4) is 0 Å². The van der Waals surface area contributed by atoms with Crippen LogP contribution in [0.4, 0.5) is 0 Å². The second-order valence-electron chi connectivity index (χ2n) is 13.3. The van der Waals surface area contributed by atoms with E-state index in [9.17, 15) is 70.6 Å². The maximum Gasteiger partial charge on any atom is 0.217 e. The summed E-state index contributed by atoms with van der Waals surface area (Å²) in [6.07, 6.45) is -29.4. The number of aliphatic hydroxyl groups is 11. The zero-order valence-corrected chi connectivity index (χ0v) is 29.4. The largest absolute Gasteiger partial charge is 0.394 e. The van der Waals surface area contributed by atoms with Gasteiger partial charge in [-0.05, 0) is 0 Å². The third-order valence-electron chi connectivity index (χ3n) is 9.41. The molecule has 4 saturated heterocycles. The summed E-state index contributed by atoms with van der Waals surface area (Å²) < 4.78 is 39.7. The summed E-state index contributed by atoms with van der Waals surface area (Å²) in [7, 11) is 0. The topological polar surface area (TPSA) is 374 Å². The third kappa shape index (κ3) is 9.79. The van der Waals surface area contributed by atoms with Crippen molar-refractivity contribution < 1.29 is 104 Å². The van der Waals surface area contributed by atoms with Crippen molar-refractivity contribution in [3.8, 4) is 0 Å². The van der Waals surface area contributed by atoms with Crippen LogP contribution in [-0.2, 0) is 47.5 Å². The summed E-state index contributed by atoms with van der Waals surface area (Å²) in [5, 5.41) is 123. The Bertz CT molecular complexity index is 1250. The Labute approximate surface area is 307 Å². The van der Waals surface area contributed by atoms with Gasteiger partial charge >= 0.3 is 0 Å². The van der Waals surface area contributed by atoms with E-state index in [-0.39, 0.29) is 0 Å². The van der Waals surface area contributed by atoms with Crippen LogP contribution in [-0.4, -0.2) is 223 Å². The van der Waals surface area contributed by atoms with Crippen LogP contribution in [0.25, 0.3) is 0 Å². The predicted molar refractivity (Wildman–Crippen MR) is 169 cm³/mol. The van der Waals surface area contributed by atoms with E-state index >= 15 is 0 Å². The van der Waals surface area contributed by atoms with E-state index in [1.807, 2.05) is 0 Å². The number of ether oxygens (including phenoxy) is 7. The molecule has 54 heavy (non-hydrogen) atoms. The van der Waals surface area contributed by atoms with Crippen molar-refractivity contribution >= 4 is 17.7 Å². The predicted octanol–water partition coefficient (Wildman–Crippen LogP) is -9.32. The lowest BCUT2D eigenvalue weighted by molar-refractivity contribution is -0.373. The number of hydrogen-bond acceptors (Lipinski definition) is 21. The summed E-state index contributed by atoms with van der Waals surface area (Å²) in [4.78, 5) is 36.1. The summed E-state index contributed by atoms with van der Waals surface area (Å²) >= 11 is 0. The highest BCUT2D eigenvalue weighted by Gasteiger charge is 2.56. The molecule has 4 rings (SSSR count). The smallest absolute Gasteiger partial charge is 0.217 e. The Kier molecular flexibility index (Phi) is 15.8. The normalized spacial score (nSPS) is 45.7. The zero-order valence-electron chi connectivity index (χ0n) is 29.4. The van der Waals surface area contributed by atoms with Crippen LogP contribution in [0.2, 0.25) is 0 Å². The van der Waals surface area contributed by atoms with Crippen molar-refractivity contribution in [2.45, 2.75) is 143 Å². The molecular formula is C30H51N3O21. The van der Waals surface area contributed by atoms with Gasteiger partial charge in [0.25, 0.3) is 0 Å². The maximum absolute atomic E-state index is 12.3. The van der Waals surface area contributed by atoms with Gasteiger partial charge in [0.05, 0.1) is 26.4 Å². The van der Waals surface area contributed by atoms with E-state index < -0.39 is 167 Å². The van der Waals surface area contributed by atoms with Crippen LogP contribution >= 0.6 is 0 Å². The maximum atomic E-state index is 12.3. The van der Waals surface area contributed by atoms with E-state index in [1.54, 1.807) is 0 Å². The molecule has 4 fully saturated rings. The Balaban J connectivity index is 1.60. The highest BCUT2D eigenvalue weighted by atomic mass is 16.8. The van der Waals surface area contributed by atoms with Gasteiger partial charge in [0.15, 0.2) is 25.2 Å². The highest BCUT2D eigenvalue weighted by molar-refractivity contribution is 5.74. The van der Waals surface area contributed by atoms with Gasteiger partial charge < -0.3 is 105 Å². The van der Waals surface area contributed by atoms with Gasteiger partial charge in [0.1, 0.15) is 97.5 Å². The fraction of sp³-hybridized carbons (Fsp3) is 0.900. The molecular weight excluding hydrogens is 738 g/mol. The fourth-order valence-corrected chi connectivity index (χ4v) is 6.75. The number of aliphatic hydroxyl groups excluding tert-OH is 11. The summed E-state index contributed by atoms with van der Waals surface area (Å²) in [6.45, 7) is -0.217. The van der Waals surface area contributed by atoms with Gasteiger partial charge in [-0.15, -0.1) is 0 Å². The molecule has 0 aliphatic carbocycles. The number of nitrogens with one attached hydrogen (secondary N) is 3. The molecule has 0 aromatic heterocycles. The lowest BCUT2D eigenvalue weighted by atomic mass is 9.93. The molecule has 0 saturated carbocycles. The van der Waals surface area contributed by atoms with E-state index in [2.05, 4.69) is 16.0 Å². The minimum atomic E-state index is -2.05. The van der Waals surface area contributed by atoms with Gasteiger partial charge in [-0.1, -0.05) is 0 Å². The Morgan fingerprint density at radius 1 is 0.444 bits per heavy atom. The molecule has 24 heteroatoms. The van der Waals surface area contributed by atoms with E-state index in [0.717, 1.165) is 20.8 Å². The Hall–Kier alpha value is -2.31. The summed E-state index contributed by atoms with van der Waals surface area (Å²) in [5.41, 5.74) is 0. The van der Waals surface area contributed by atoms with Crippen LogP contribution in [0.15, 0.2) is 0 Å². The van der Waals surface area contributed by atoms with Crippen LogP contribution in [0.1, 0.15) is 20.8 Å². The molecule has 312 valence electrons. The van der Waals surface area contributed by atoms with Gasteiger partial charge in [-0.25, -0.2) is 0 Å². The first-order valence-electron chi connectivity index (χ1n) is 17.1. The molecule has 4 aliphatic heterocycles. The number of rotatable bonds is 13. The van der Waals surface area contributed by atoms with Crippen molar-refractivity contribution in [2.24, 2.45) is 0 Å². The summed E-state index contributed by atoms with van der Waals surface area (Å²) in [6, 6.07) is -4.59. The molecule has 4 heterocycles. The number of hydrogen-bond donors (Lipinski definition) is 14. The Morgan fingerprint density at radius 3 is 1.35 bits per heavy atom. The zero-order chi connectivity index (χ0) is 40.2. The van der Waals surface area contributed by atoms with Crippen molar-refractivity contribution in [1.29, 1.82) is 0 Å². The molecule has 20 atom stereocenters. The third-order valence-corrected chi connectivity index (χ3v) is 9.41. The molecule has 0 aromatic carbocycles. The molecule has 24 nitrogen and oxygen atoms in total. The first kappa shape index (κ1) is 44.4. The van der Waals surface area contributed by atoms with Crippen molar-refractivity contribution in [1.82, 2.24) is 16.0 Å². The van der Waals surface area contributed by atoms with E-state index in [0.29, 0.717) is 0 Å². The lowest BCUT2D eigenvalue weighted by Gasteiger charge is -2.50. The van der Waals surface area contributed by atoms with Gasteiger partial charge in [-0.3, -0.25) is 14.4 Å². The molecule has 0 bridgehead atoms. The average molecular weight is 790 g/mol. The minimum Gasteiger partial charge on any atom is -0.394 e. The van der Waals surface area contributed by atoms with Crippen molar-refractivity contribution in [3.63, 3.8) is 0 Å². The molecule has 0 aromatic rings. The SMILES string of the molecule is CC(=O)N[C@@H]1[C@@H](O[C@@H]2O[C@H](CO)[C@@H](O[C@@H]3O[C@H](CO)[C@H](O)[C@H](O[C@@H]4O[C@H](CO)[C@@H](O)[C@H](O)[C@H]4NC(C)=O)[C@H]3O)[C@H](O)[C@H]2NC(C)=O)[C@@H](O)[C@@H](CO)O[C@@H]1O. The molecule has 0 radical (unpaired) electrons. The van der Waals surface area contributed by atoms with Crippen LogP contribution in [0, 0.1) is 0 Å². The van der Waals surface area contributed by atoms with Gasteiger partial charge in [0.2, 0.25) is 17.7 Å². The van der Waals surface area contributed by atoms with Gasteiger partial charge in [-0.2, -0.15) is 0 Å². The quantitative estimate of drug-likeness (QED) is 0.0823. The van der Waals surface area contributed by atoms with Crippen LogP contribution in [0.5, 0.6) is 0 Å². The monoisotopic (exact) mass is 789 g/mol. The standard InChI is InChI=1S/C30H51N3O21/c1-8(38)31-15-21(44)18(41)11(4-34)49-28(15)54-26-20(43)13(6-36)50-30(23(26)46)52-24-14(7-37)51-29(16(22(24)45)32-9(2)39)53-25-17(33-10(3)40)27(47)48-12(5-35)19(25)42/h11-30,34-37,41-47H,4-7H2,1-3H3,(H,31,38)(H,32,39)(H,33,40)/t11-,12-,13-,14-,15-,16-,17-,18-,19+,20+,21-,22-,23-,24-,25-,26+,27+,28+,29+,30+/m1/s1. The second-order valence-corrected chi connectivity index (χ2v) is 13.3. The first-order valence-corrected chi connectivity index (χ1v) is 17.1. The minimum absolute atomic E-state index is 0.682. The van der Waals surface area contributed by atoms with Crippen molar-refractivity contribution in [2.75, 3.05) is 26.4 Å². The van der Waals surface area contributed by atoms with E-state index in [4.69, 9.17) is 33.2 Å². The van der Waals surface area contributed by atoms with Crippen molar-refractivity contribution in [3.05, 3.63) is 0 Å². The highest BCUT2D eigenvalue weighted by Crippen LogP contribution is 2.34. The number of carbonyl (C=O) groups excluding carboxylic acids is 3. The van der Waals surface area contributed by atoms with E-state index in [1.165, 1.54) is 0 Å². The van der Waals surface area contributed by atoms with Gasteiger partial charge in [0, 0.05) is 20.8 Å². The average Bonchev–Trinajstić information content (AvgIpc) is 3.11. The summed E-state index contributed by atoms with van der Waals surface area (Å²) in [5.74, 6) is -2.14. The molecule has 0 spiro atoms. The fourth-order valence-electron chi connectivity index (χ4n) is 6.75. The van der Waals surface area contributed by atoms with Crippen LogP contribution < -0.4 is 16.0 Å².